The summed E-state index contributed by atoms with van der Waals surface area (Å²) in [5, 5.41) is 9.73. The lowest BCUT2D eigenvalue weighted by Gasteiger charge is -2.33. The van der Waals surface area contributed by atoms with E-state index >= 15 is 0 Å². The van der Waals surface area contributed by atoms with Gasteiger partial charge in [0.25, 0.3) is 0 Å². The molecular formula is C67H41NO. The van der Waals surface area contributed by atoms with Gasteiger partial charge in [-0.25, -0.2) is 0 Å². The molecule has 2 nitrogen and oxygen atoms in total. The first-order valence-electron chi connectivity index (χ1n) is 23.9. The van der Waals surface area contributed by atoms with E-state index in [2.05, 4.69) is 248 Å². The normalized spacial score (nSPS) is 13.0. The third-order valence-corrected chi connectivity index (χ3v) is 15.3. The largest absolute Gasteiger partial charge is 0.456 e. The van der Waals surface area contributed by atoms with Crippen LogP contribution in [0.15, 0.2) is 253 Å². The van der Waals surface area contributed by atoms with E-state index in [1.54, 1.807) is 0 Å². The first kappa shape index (κ1) is 38.2. The second-order valence-corrected chi connectivity index (χ2v) is 18.7. The van der Waals surface area contributed by atoms with Crippen LogP contribution < -0.4 is 4.90 Å². The van der Waals surface area contributed by atoms with Gasteiger partial charge in [0.2, 0.25) is 0 Å². The second-order valence-electron chi connectivity index (χ2n) is 18.7. The van der Waals surface area contributed by atoms with Crippen molar-refractivity contribution in [3.05, 3.63) is 271 Å². The Kier molecular flexibility index (Phi) is 8.02. The molecule has 2 aliphatic rings. The molecule has 0 amide bonds. The molecule has 0 saturated heterocycles. The quantitative estimate of drug-likeness (QED) is 0.160. The Morgan fingerprint density at radius 2 is 0.725 bits per heavy atom. The van der Waals surface area contributed by atoms with Gasteiger partial charge in [0.1, 0.15) is 11.2 Å². The Balaban J connectivity index is 1.07. The van der Waals surface area contributed by atoms with Crippen molar-refractivity contribution in [3.63, 3.8) is 0 Å². The summed E-state index contributed by atoms with van der Waals surface area (Å²) in [7, 11) is 0. The second kappa shape index (κ2) is 14.5. The highest BCUT2D eigenvalue weighted by Crippen LogP contribution is 2.64. The zero-order chi connectivity index (χ0) is 45.2. The molecule has 69 heavy (non-hydrogen) atoms. The van der Waals surface area contributed by atoms with E-state index in [0.717, 1.165) is 50.1 Å². The molecule has 13 aromatic rings. The molecule has 0 unspecified atom stereocenters. The van der Waals surface area contributed by atoms with Crippen molar-refractivity contribution < 1.29 is 4.42 Å². The Morgan fingerprint density at radius 1 is 0.261 bits per heavy atom. The molecule has 320 valence electrons. The average Bonchev–Trinajstić information content (AvgIpc) is 4.05. The molecule has 2 aliphatic carbocycles. The number of hydrogen-bond donors (Lipinski definition) is 0. The molecule has 0 saturated carbocycles. The van der Waals surface area contributed by atoms with E-state index in [1.165, 1.54) is 88.0 Å². The highest BCUT2D eigenvalue weighted by molar-refractivity contribution is 6.26. The van der Waals surface area contributed by atoms with Gasteiger partial charge in [-0.15, -0.1) is 0 Å². The van der Waals surface area contributed by atoms with Crippen LogP contribution in [0, 0.1) is 0 Å². The average molecular weight is 876 g/mol. The van der Waals surface area contributed by atoms with Gasteiger partial charge < -0.3 is 9.32 Å². The van der Waals surface area contributed by atoms with Crippen LogP contribution in [0.5, 0.6) is 0 Å². The topological polar surface area (TPSA) is 16.4 Å². The van der Waals surface area contributed by atoms with E-state index in [-0.39, 0.29) is 0 Å². The number of hydrogen-bond acceptors (Lipinski definition) is 2. The van der Waals surface area contributed by atoms with Crippen LogP contribution in [0.25, 0.3) is 98.8 Å². The van der Waals surface area contributed by atoms with Gasteiger partial charge in [-0.05, 0) is 148 Å². The Bertz CT molecular complexity index is 4170. The van der Waals surface area contributed by atoms with Crippen molar-refractivity contribution in [2.24, 2.45) is 0 Å². The fraction of sp³-hybridized carbons (Fsp3) is 0.0149. The predicted octanol–water partition coefficient (Wildman–Crippen LogP) is 18.2. The van der Waals surface area contributed by atoms with Gasteiger partial charge >= 0.3 is 0 Å². The number of nitrogens with zero attached hydrogens (tertiary/aromatic N) is 1. The minimum atomic E-state index is -0.531. The van der Waals surface area contributed by atoms with Gasteiger partial charge in [0.05, 0.1) is 11.1 Å². The summed E-state index contributed by atoms with van der Waals surface area (Å²) in [4.78, 5) is 2.51. The molecule has 1 aromatic heterocycles. The van der Waals surface area contributed by atoms with Crippen molar-refractivity contribution >= 4 is 71.3 Å². The number of fused-ring (bicyclic) bond motifs is 19. The molecule has 0 aliphatic heterocycles. The Morgan fingerprint density at radius 3 is 1.38 bits per heavy atom. The molecule has 0 N–H and O–H groups in total. The summed E-state index contributed by atoms with van der Waals surface area (Å²) < 4.78 is 6.65. The van der Waals surface area contributed by atoms with Crippen LogP contribution >= 0.6 is 0 Å². The van der Waals surface area contributed by atoms with Crippen molar-refractivity contribution in [1.29, 1.82) is 0 Å². The van der Waals surface area contributed by atoms with Gasteiger partial charge in [0.15, 0.2) is 0 Å². The van der Waals surface area contributed by atoms with Crippen LogP contribution in [0.4, 0.5) is 17.1 Å². The maximum absolute atomic E-state index is 6.65. The third-order valence-electron chi connectivity index (χ3n) is 15.3. The third kappa shape index (κ3) is 5.37. The zero-order valence-electron chi connectivity index (χ0n) is 37.5. The lowest BCUT2D eigenvalue weighted by Crippen LogP contribution is -2.26. The van der Waals surface area contributed by atoms with Gasteiger partial charge in [-0.1, -0.05) is 194 Å². The summed E-state index contributed by atoms with van der Waals surface area (Å²) in [6.45, 7) is 0. The number of furan rings is 1. The zero-order valence-corrected chi connectivity index (χ0v) is 37.5. The van der Waals surface area contributed by atoms with Crippen LogP contribution in [-0.2, 0) is 5.41 Å². The fourth-order valence-corrected chi connectivity index (χ4v) is 12.3. The molecule has 0 atom stereocenters. The fourth-order valence-electron chi connectivity index (χ4n) is 12.3. The summed E-state index contributed by atoms with van der Waals surface area (Å²) in [6, 6.07) is 92.1. The van der Waals surface area contributed by atoms with Gasteiger partial charge in [-0.2, -0.15) is 0 Å². The molecule has 12 aromatic carbocycles. The smallest absolute Gasteiger partial charge is 0.136 e. The van der Waals surface area contributed by atoms with Crippen molar-refractivity contribution in [3.8, 4) is 44.5 Å². The number of para-hydroxylation sites is 1. The maximum Gasteiger partial charge on any atom is 0.136 e. The highest BCUT2D eigenvalue weighted by atomic mass is 16.3. The number of rotatable bonds is 5. The Labute approximate surface area is 399 Å². The van der Waals surface area contributed by atoms with Gasteiger partial charge in [0, 0.05) is 27.7 Å². The van der Waals surface area contributed by atoms with E-state index in [0.29, 0.717) is 0 Å². The molecular weight excluding hydrogens is 835 g/mol. The monoisotopic (exact) mass is 875 g/mol. The van der Waals surface area contributed by atoms with E-state index in [1.807, 2.05) is 6.07 Å². The molecule has 2 heteroatoms. The summed E-state index contributed by atoms with van der Waals surface area (Å²) >= 11 is 0. The van der Waals surface area contributed by atoms with Crippen molar-refractivity contribution in [1.82, 2.24) is 0 Å². The number of anilines is 3. The summed E-state index contributed by atoms with van der Waals surface area (Å²) in [5.74, 6) is 0. The van der Waals surface area contributed by atoms with E-state index < -0.39 is 5.41 Å². The molecule has 1 heterocycles. The first-order chi connectivity index (χ1) is 34.2. The predicted molar refractivity (Wildman–Crippen MR) is 288 cm³/mol. The van der Waals surface area contributed by atoms with Crippen LogP contribution in [-0.4, -0.2) is 0 Å². The van der Waals surface area contributed by atoms with E-state index in [4.69, 9.17) is 4.42 Å². The molecule has 15 rings (SSSR count). The molecule has 0 fully saturated rings. The van der Waals surface area contributed by atoms with Crippen molar-refractivity contribution in [2.45, 2.75) is 5.41 Å². The highest BCUT2D eigenvalue weighted by Gasteiger charge is 2.52. The first-order valence-corrected chi connectivity index (χ1v) is 23.9. The van der Waals surface area contributed by atoms with E-state index in [9.17, 15) is 0 Å². The van der Waals surface area contributed by atoms with Crippen LogP contribution in [0.1, 0.15) is 22.3 Å². The number of benzene rings is 12. The summed E-state index contributed by atoms with van der Waals surface area (Å²) in [6.07, 6.45) is 0. The SMILES string of the molecule is c1ccc(-c2ccc(N(c3ccc4c5ccccc5c5ccccc5c4c3)c3cc4c(cc3-c3ccc5c(c3)oc3ccccc35)-c3ccccc3C43c4ccccc4-c4ccccc43)cc2)cc1. The minimum Gasteiger partial charge on any atom is -0.456 e. The van der Waals surface area contributed by atoms with Crippen molar-refractivity contribution in [2.75, 3.05) is 4.90 Å². The summed E-state index contributed by atoms with van der Waals surface area (Å²) in [5.41, 5.74) is 19.4. The molecule has 0 bridgehead atoms. The van der Waals surface area contributed by atoms with Crippen LogP contribution in [0.3, 0.4) is 0 Å². The lowest BCUT2D eigenvalue weighted by molar-refractivity contribution is 0.669. The maximum atomic E-state index is 6.65. The van der Waals surface area contributed by atoms with Crippen LogP contribution in [0.2, 0.25) is 0 Å². The van der Waals surface area contributed by atoms with Gasteiger partial charge in [-0.3, -0.25) is 0 Å². The Hall–Kier alpha value is -8.98. The lowest BCUT2D eigenvalue weighted by atomic mass is 9.70. The standard InChI is InChI=1S/C67H41NO/c1-2-16-42(17-3-1)43-30-33-45(34-31-43)68(46-35-37-51-49-20-5-4-18-47(49)48-19-6-7-21-50(48)58(51)39-46)64-41-63-59(40-57(64)44-32-36-56-55-25-11-15-29-65(55)69-66(56)38-44)54-24-10-14-28-62(54)67(63)60-26-12-8-22-52(60)53-23-9-13-27-61(53)67/h1-41H. The molecule has 1 spiro atoms. The minimum absolute atomic E-state index is 0.531. The molecule has 0 radical (unpaired) electrons.